The van der Waals surface area contributed by atoms with E-state index in [9.17, 15) is 4.79 Å². The lowest BCUT2D eigenvalue weighted by Gasteiger charge is -2.21. The number of anilines is 1. The third kappa shape index (κ3) is 10.5. The Hall–Kier alpha value is -4.08. The zero-order chi connectivity index (χ0) is 26.5. The number of amides is 1. The maximum absolute atomic E-state index is 12.5. The molecule has 9 nitrogen and oxygen atoms in total. The molecule has 0 aliphatic heterocycles. The van der Waals surface area contributed by atoms with E-state index in [2.05, 4.69) is 10.2 Å². The molecule has 10 heteroatoms. The summed E-state index contributed by atoms with van der Waals surface area (Å²) in [6.07, 6.45) is -0.206. The van der Waals surface area contributed by atoms with Crippen LogP contribution in [0, 0.1) is 0 Å². The van der Waals surface area contributed by atoms with Gasteiger partial charge < -0.3 is 24.6 Å². The van der Waals surface area contributed by atoms with Crippen molar-refractivity contribution in [3.05, 3.63) is 89.4 Å². The highest BCUT2D eigenvalue weighted by Gasteiger charge is 2.17. The molecule has 0 fully saturated rings. The number of hydrogen-bond donors (Lipinski definition) is 3. The fourth-order valence-electron chi connectivity index (χ4n) is 2.85. The fourth-order valence-corrected chi connectivity index (χ4v) is 2.98. The molecule has 0 saturated carbocycles. The molecule has 0 aliphatic rings. The summed E-state index contributed by atoms with van der Waals surface area (Å²) >= 11 is 5.98. The molecule has 0 heterocycles. The highest BCUT2D eigenvalue weighted by molar-refractivity contribution is 6.30. The lowest BCUT2D eigenvalue weighted by molar-refractivity contribution is -0.159. The second kappa shape index (κ2) is 14.3. The summed E-state index contributed by atoms with van der Waals surface area (Å²) in [5.74, 6) is -2.21. The average molecular weight is 515 g/mol. The summed E-state index contributed by atoms with van der Waals surface area (Å²) in [6, 6.07) is 24.0. The Kier molecular flexibility index (Phi) is 11.2. The molecule has 0 spiro atoms. The van der Waals surface area contributed by atoms with Gasteiger partial charge in [0.25, 0.3) is 0 Å². The molecule has 3 aromatic rings. The van der Waals surface area contributed by atoms with E-state index in [4.69, 9.17) is 40.9 Å². The Bertz CT molecular complexity index is 1110. The van der Waals surface area contributed by atoms with Gasteiger partial charge >= 0.3 is 18.0 Å². The highest BCUT2D eigenvalue weighted by Crippen LogP contribution is 2.25. The van der Waals surface area contributed by atoms with Crippen molar-refractivity contribution >= 4 is 35.3 Å². The molecule has 0 radical (unpaired) electrons. The van der Waals surface area contributed by atoms with Gasteiger partial charge in [-0.3, -0.25) is 5.32 Å². The van der Waals surface area contributed by atoms with E-state index in [1.165, 1.54) is 0 Å². The Labute approximate surface area is 213 Å². The Balaban J connectivity index is 0.000000678. The van der Waals surface area contributed by atoms with Crippen LogP contribution in [0.2, 0.25) is 5.02 Å². The molecular weight excluding hydrogens is 488 g/mol. The van der Waals surface area contributed by atoms with Crippen LogP contribution in [-0.2, 0) is 14.3 Å². The van der Waals surface area contributed by atoms with Crippen LogP contribution in [0.3, 0.4) is 0 Å². The molecule has 3 rings (SSSR count). The summed E-state index contributed by atoms with van der Waals surface area (Å²) in [4.78, 5) is 32.7. The second-order valence-electron chi connectivity index (χ2n) is 7.71. The van der Waals surface area contributed by atoms with E-state index >= 15 is 0 Å². The minimum atomic E-state index is -1.82. The summed E-state index contributed by atoms with van der Waals surface area (Å²) in [6.45, 7) is 0.784. The maximum Gasteiger partial charge on any atom is 0.414 e. The smallest absolute Gasteiger partial charge is 0.414 e. The van der Waals surface area contributed by atoms with Crippen LogP contribution < -0.4 is 10.1 Å². The fraction of sp³-hybridized carbons (Fsp3) is 0.192. The number of carboxylic acid groups (broad SMARTS) is 2. The number of nitrogens with zero attached hydrogens (tertiary/aromatic N) is 1. The van der Waals surface area contributed by atoms with E-state index in [0.29, 0.717) is 22.9 Å². The predicted octanol–water partition coefficient (Wildman–Crippen LogP) is 5.53. The quantitative estimate of drug-likeness (QED) is 0.335. The number of hydrogen-bond acceptors (Lipinski definition) is 6. The van der Waals surface area contributed by atoms with Crippen molar-refractivity contribution in [3.8, 4) is 11.5 Å². The number of carbonyl (C=O) groups is 3. The van der Waals surface area contributed by atoms with Crippen LogP contribution in [-0.4, -0.2) is 53.8 Å². The van der Waals surface area contributed by atoms with Gasteiger partial charge in [0, 0.05) is 23.7 Å². The Morgan fingerprint density at radius 3 is 1.94 bits per heavy atom. The standard InChI is InChI=1S/C24H25ClN2O3.C2H2O4/c1-27(2)17-16-23(18-8-10-19(25)11-9-18)30-24(28)26-20-12-14-22(15-13-20)29-21-6-4-3-5-7-21;3-1(4)2(5)6/h3-15,23H,16-17H2,1-2H3,(H,26,28);(H,3,4)(H,5,6). The number of ether oxygens (including phenoxy) is 2. The molecule has 0 aromatic heterocycles. The zero-order valence-corrected chi connectivity index (χ0v) is 20.5. The third-order valence-electron chi connectivity index (χ3n) is 4.59. The molecule has 3 N–H and O–H groups in total. The SMILES string of the molecule is CN(C)CCC(OC(=O)Nc1ccc(Oc2ccccc2)cc1)c1ccc(Cl)cc1.O=C(O)C(=O)O. The van der Waals surface area contributed by atoms with Crippen LogP contribution in [0.1, 0.15) is 18.1 Å². The van der Waals surface area contributed by atoms with E-state index in [-0.39, 0.29) is 6.10 Å². The minimum absolute atomic E-state index is 0.370. The van der Waals surface area contributed by atoms with Crippen LogP contribution in [0.15, 0.2) is 78.9 Å². The average Bonchev–Trinajstić information content (AvgIpc) is 2.84. The van der Waals surface area contributed by atoms with Gasteiger partial charge in [-0.05, 0) is 68.2 Å². The zero-order valence-electron chi connectivity index (χ0n) is 19.8. The van der Waals surface area contributed by atoms with Gasteiger partial charge in [0.05, 0.1) is 0 Å². The Morgan fingerprint density at radius 2 is 1.42 bits per heavy atom. The van der Waals surface area contributed by atoms with Crippen molar-refractivity contribution in [2.45, 2.75) is 12.5 Å². The van der Waals surface area contributed by atoms with Crippen molar-refractivity contribution < 1.29 is 34.1 Å². The van der Waals surface area contributed by atoms with Crippen LogP contribution in [0.25, 0.3) is 0 Å². The molecule has 3 aromatic carbocycles. The van der Waals surface area contributed by atoms with Crippen molar-refractivity contribution in [1.82, 2.24) is 4.90 Å². The second-order valence-corrected chi connectivity index (χ2v) is 8.15. The first-order valence-corrected chi connectivity index (χ1v) is 11.2. The normalized spacial score (nSPS) is 11.0. The Morgan fingerprint density at radius 1 is 0.861 bits per heavy atom. The molecule has 1 atom stereocenters. The first-order valence-electron chi connectivity index (χ1n) is 10.8. The summed E-state index contributed by atoms with van der Waals surface area (Å²) < 4.78 is 11.5. The summed E-state index contributed by atoms with van der Waals surface area (Å²) in [5, 5.41) is 18.2. The first-order chi connectivity index (χ1) is 17.1. The number of rotatable bonds is 8. The molecular formula is C26H27ClN2O7. The molecule has 0 bridgehead atoms. The summed E-state index contributed by atoms with van der Waals surface area (Å²) in [5.41, 5.74) is 1.53. The molecule has 0 saturated heterocycles. The molecule has 190 valence electrons. The molecule has 1 amide bonds. The van der Waals surface area contributed by atoms with Crippen LogP contribution in [0.4, 0.5) is 10.5 Å². The van der Waals surface area contributed by atoms with Crippen molar-refractivity contribution in [2.75, 3.05) is 26.0 Å². The monoisotopic (exact) mass is 514 g/mol. The van der Waals surface area contributed by atoms with Gasteiger partial charge in [0.15, 0.2) is 0 Å². The van der Waals surface area contributed by atoms with Gasteiger partial charge in [0.1, 0.15) is 17.6 Å². The van der Waals surface area contributed by atoms with E-state index in [1.807, 2.05) is 56.6 Å². The van der Waals surface area contributed by atoms with Crippen LogP contribution >= 0.6 is 11.6 Å². The number of aliphatic carboxylic acids is 2. The predicted molar refractivity (Wildman–Crippen MR) is 136 cm³/mol. The van der Waals surface area contributed by atoms with Crippen molar-refractivity contribution in [2.24, 2.45) is 0 Å². The van der Waals surface area contributed by atoms with Gasteiger partial charge in [-0.25, -0.2) is 14.4 Å². The topological polar surface area (TPSA) is 125 Å². The summed E-state index contributed by atoms with van der Waals surface area (Å²) in [7, 11) is 3.97. The number of benzene rings is 3. The molecule has 1 unspecified atom stereocenters. The maximum atomic E-state index is 12.5. The number of nitrogens with one attached hydrogen (secondary N) is 1. The van der Waals surface area contributed by atoms with E-state index in [1.54, 1.807) is 36.4 Å². The van der Waals surface area contributed by atoms with Crippen LogP contribution in [0.5, 0.6) is 11.5 Å². The van der Waals surface area contributed by atoms with Gasteiger partial charge in [-0.1, -0.05) is 41.9 Å². The van der Waals surface area contributed by atoms with Gasteiger partial charge in [0.2, 0.25) is 0 Å². The van der Waals surface area contributed by atoms with Crippen molar-refractivity contribution in [1.29, 1.82) is 0 Å². The highest BCUT2D eigenvalue weighted by atomic mass is 35.5. The van der Waals surface area contributed by atoms with Crippen molar-refractivity contribution in [3.63, 3.8) is 0 Å². The largest absolute Gasteiger partial charge is 0.473 e. The van der Waals surface area contributed by atoms with E-state index < -0.39 is 18.0 Å². The molecule has 0 aliphatic carbocycles. The van der Waals surface area contributed by atoms with Gasteiger partial charge in [-0.2, -0.15) is 0 Å². The number of carbonyl (C=O) groups excluding carboxylic acids is 1. The number of carboxylic acids is 2. The van der Waals surface area contributed by atoms with Gasteiger partial charge in [-0.15, -0.1) is 0 Å². The third-order valence-corrected chi connectivity index (χ3v) is 4.84. The molecule has 36 heavy (non-hydrogen) atoms. The van der Waals surface area contributed by atoms with E-state index in [0.717, 1.165) is 17.9 Å². The minimum Gasteiger partial charge on any atom is -0.473 e. The number of halogens is 1. The first kappa shape index (κ1) is 28.2. The lowest BCUT2D eigenvalue weighted by atomic mass is 10.1. The lowest BCUT2D eigenvalue weighted by Crippen LogP contribution is -2.21. The number of para-hydroxylation sites is 1.